The Morgan fingerprint density at radius 1 is 1.17 bits per heavy atom. The van der Waals surface area contributed by atoms with Crippen LogP contribution in [0.15, 0.2) is 6.07 Å². The Labute approximate surface area is 73.6 Å². The van der Waals surface area contributed by atoms with Crippen LogP contribution in [0.3, 0.4) is 0 Å². The third-order valence-corrected chi connectivity index (χ3v) is 2.46. The van der Waals surface area contributed by atoms with Gasteiger partial charge in [-0.15, -0.1) is 0 Å². The van der Waals surface area contributed by atoms with Gasteiger partial charge in [-0.05, 0) is 43.0 Å². The molecule has 0 aliphatic rings. The standard InChI is InChI=1S/C10H16N2/c1-4-8-5-9(11)6(2)7(3)10(8)12/h5H,4,11-12H2,1-3H3. The highest BCUT2D eigenvalue weighted by Crippen LogP contribution is 2.26. The van der Waals surface area contributed by atoms with Gasteiger partial charge in [-0.2, -0.15) is 0 Å². The fourth-order valence-electron chi connectivity index (χ4n) is 1.33. The van der Waals surface area contributed by atoms with Crippen molar-refractivity contribution in [2.75, 3.05) is 11.5 Å². The average molecular weight is 164 g/mol. The molecule has 1 rings (SSSR count). The van der Waals surface area contributed by atoms with Gasteiger partial charge in [0.25, 0.3) is 0 Å². The zero-order valence-corrected chi connectivity index (χ0v) is 7.94. The van der Waals surface area contributed by atoms with Crippen molar-refractivity contribution in [3.8, 4) is 0 Å². The molecule has 0 aliphatic heterocycles. The summed E-state index contributed by atoms with van der Waals surface area (Å²) in [6, 6.07) is 1.97. The van der Waals surface area contributed by atoms with Gasteiger partial charge < -0.3 is 11.5 Å². The van der Waals surface area contributed by atoms with Crippen LogP contribution in [-0.2, 0) is 6.42 Å². The molecule has 0 spiro atoms. The van der Waals surface area contributed by atoms with E-state index < -0.39 is 0 Å². The Morgan fingerprint density at radius 3 is 2.25 bits per heavy atom. The lowest BCUT2D eigenvalue weighted by Crippen LogP contribution is -2.02. The van der Waals surface area contributed by atoms with Gasteiger partial charge in [-0.25, -0.2) is 0 Å². The third-order valence-electron chi connectivity index (χ3n) is 2.46. The second-order valence-corrected chi connectivity index (χ2v) is 3.14. The summed E-state index contributed by atoms with van der Waals surface area (Å²) < 4.78 is 0. The quantitative estimate of drug-likeness (QED) is 0.624. The van der Waals surface area contributed by atoms with Crippen molar-refractivity contribution in [3.63, 3.8) is 0 Å². The van der Waals surface area contributed by atoms with Gasteiger partial charge >= 0.3 is 0 Å². The van der Waals surface area contributed by atoms with Gasteiger partial charge in [0.05, 0.1) is 0 Å². The minimum atomic E-state index is 0.846. The first-order valence-electron chi connectivity index (χ1n) is 4.22. The molecule has 0 atom stereocenters. The topological polar surface area (TPSA) is 52.0 Å². The molecular weight excluding hydrogens is 148 g/mol. The van der Waals surface area contributed by atoms with Crippen molar-refractivity contribution in [1.29, 1.82) is 0 Å². The number of hydrogen-bond donors (Lipinski definition) is 2. The van der Waals surface area contributed by atoms with E-state index in [0.29, 0.717) is 0 Å². The van der Waals surface area contributed by atoms with Gasteiger partial charge in [-0.3, -0.25) is 0 Å². The van der Waals surface area contributed by atoms with Gasteiger partial charge in [0, 0.05) is 11.4 Å². The van der Waals surface area contributed by atoms with Crippen molar-refractivity contribution in [2.45, 2.75) is 27.2 Å². The highest BCUT2D eigenvalue weighted by atomic mass is 14.6. The first-order chi connectivity index (χ1) is 5.57. The van der Waals surface area contributed by atoms with Crippen LogP contribution < -0.4 is 11.5 Å². The summed E-state index contributed by atoms with van der Waals surface area (Å²) in [5.74, 6) is 0. The second-order valence-electron chi connectivity index (χ2n) is 3.14. The summed E-state index contributed by atoms with van der Waals surface area (Å²) in [5, 5.41) is 0. The molecule has 2 nitrogen and oxygen atoms in total. The largest absolute Gasteiger partial charge is 0.398 e. The summed E-state index contributed by atoms with van der Waals surface area (Å²) in [6.07, 6.45) is 0.942. The average Bonchev–Trinajstić information content (AvgIpc) is 2.08. The minimum absolute atomic E-state index is 0.846. The van der Waals surface area contributed by atoms with Crippen LogP contribution in [-0.4, -0.2) is 0 Å². The van der Waals surface area contributed by atoms with E-state index in [2.05, 4.69) is 6.92 Å². The van der Waals surface area contributed by atoms with Crippen LogP contribution >= 0.6 is 0 Å². The van der Waals surface area contributed by atoms with Crippen molar-refractivity contribution in [3.05, 3.63) is 22.8 Å². The lowest BCUT2D eigenvalue weighted by atomic mass is 10.00. The van der Waals surface area contributed by atoms with E-state index in [1.165, 1.54) is 0 Å². The van der Waals surface area contributed by atoms with Crippen LogP contribution in [0, 0.1) is 13.8 Å². The molecule has 0 radical (unpaired) electrons. The smallest absolute Gasteiger partial charge is 0.0380 e. The number of nitrogens with two attached hydrogens (primary N) is 2. The lowest BCUT2D eigenvalue weighted by molar-refractivity contribution is 1.13. The van der Waals surface area contributed by atoms with E-state index in [1.54, 1.807) is 0 Å². The van der Waals surface area contributed by atoms with Crippen molar-refractivity contribution in [2.24, 2.45) is 0 Å². The van der Waals surface area contributed by atoms with Crippen LogP contribution in [0.1, 0.15) is 23.6 Å². The maximum absolute atomic E-state index is 5.91. The van der Waals surface area contributed by atoms with E-state index in [4.69, 9.17) is 11.5 Å². The van der Waals surface area contributed by atoms with Crippen molar-refractivity contribution < 1.29 is 0 Å². The Kier molecular flexibility index (Phi) is 2.27. The molecule has 0 saturated heterocycles. The number of aryl methyl sites for hydroxylation is 1. The molecule has 0 amide bonds. The summed E-state index contributed by atoms with van der Waals surface area (Å²) in [4.78, 5) is 0. The Hall–Kier alpha value is -1.18. The van der Waals surface area contributed by atoms with Gasteiger partial charge in [0.1, 0.15) is 0 Å². The number of benzene rings is 1. The molecule has 0 heterocycles. The molecule has 0 unspecified atom stereocenters. The molecule has 0 fully saturated rings. The molecule has 0 aliphatic carbocycles. The molecule has 66 valence electrons. The molecule has 0 aromatic heterocycles. The predicted octanol–water partition coefficient (Wildman–Crippen LogP) is 2.03. The number of nitrogen functional groups attached to an aromatic ring is 2. The van der Waals surface area contributed by atoms with E-state index in [-0.39, 0.29) is 0 Å². The first-order valence-corrected chi connectivity index (χ1v) is 4.22. The van der Waals surface area contributed by atoms with Crippen LogP contribution in [0.25, 0.3) is 0 Å². The van der Waals surface area contributed by atoms with E-state index in [0.717, 1.165) is 34.5 Å². The van der Waals surface area contributed by atoms with Crippen molar-refractivity contribution in [1.82, 2.24) is 0 Å². The molecule has 1 aromatic carbocycles. The van der Waals surface area contributed by atoms with Gasteiger partial charge in [-0.1, -0.05) is 6.92 Å². The Morgan fingerprint density at radius 2 is 1.75 bits per heavy atom. The minimum Gasteiger partial charge on any atom is -0.398 e. The highest BCUT2D eigenvalue weighted by Gasteiger charge is 2.05. The lowest BCUT2D eigenvalue weighted by Gasteiger charge is -2.11. The SMILES string of the molecule is CCc1cc(N)c(C)c(C)c1N. The highest BCUT2D eigenvalue weighted by molar-refractivity contribution is 5.65. The maximum atomic E-state index is 5.91. The second kappa shape index (κ2) is 3.05. The fraction of sp³-hybridized carbons (Fsp3) is 0.400. The Balaban J connectivity index is 3.39. The zero-order valence-electron chi connectivity index (χ0n) is 7.94. The Bertz CT molecular complexity index is 303. The molecule has 2 heteroatoms. The van der Waals surface area contributed by atoms with Gasteiger partial charge in [0.2, 0.25) is 0 Å². The normalized spacial score (nSPS) is 10.2. The number of anilines is 2. The first kappa shape index (κ1) is 8.91. The van der Waals surface area contributed by atoms with E-state index in [1.807, 2.05) is 19.9 Å². The molecule has 1 aromatic rings. The summed E-state index contributed by atoms with van der Waals surface area (Å²) in [6.45, 7) is 6.10. The molecule has 4 N–H and O–H groups in total. The van der Waals surface area contributed by atoms with E-state index >= 15 is 0 Å². The summed E-state index contributed by atoms with van der Waals surface area (Å²) in [7, 11) is 0. The summed E-state index contributed by atoms with van der Waals surface area (Å²) >= 11 is 0. The fourth-order valence-corrected chi connectivity index (χ4v) is 1.33. The summed E-state index contributed by atoms with van der Waals surface area (Å²) in [5.41, 5.74) is 16.8. The van der Waals surface area contributed by atoms with E-state index in [9.17, 15) is 0 Å². The maximum Gasteiger partial charge on any atom is 0.0380 e. The molecule has 0 bridgehead atoms. The van der Waals surface area contributed by atoms with Gasteiger partial charge in [0.15, 0.2) is 0 Å². The third kappa shape index (κ3) is 1.24. The molecular formula is C10H16N2. The predicted molar refractivity (Wildman–Crippen MR) is 54.1 cm³/mol. The van der Waals surface area contributed by atoms with Crippen LogP contribution in [0.5, 0.6) is 0 Å². The monoisotopic (exact) mass is 164 g/mol. The number of hydrogen-bond acceptors (Lipinski definition) is 2. The molecule has 0 saturated carbocycles. The number of rotatable bonds is 1. The van der Waals surface area contributed by atoms with Crippen LogP contribution in [0.4, 0.5) is 11.4 Å². The van der Waals surface area contributed by atoms with Crippen molar-refractivity contribution >= 4 is 11.4 Å². The zero-order chi connectivity index (χ0) is 9.30. The molecule has 12 heavy (non-hydrogen) atoms. The van der Waals surface area contributed by atoms with Crippen LogP contribution in [0.2, 0.25) is 0 Å².